The summed E-state index contributed by atoms with van der Waals surface area (Å²) in [5, 5.41) is 3.16. The summed E-state index contributed by atoms with van der Waals surface area (Å²) in [6, 6.07) is 24.0. The first kappa shape index (κ1) is 18.0. The van der Waals surface area contributed by atoms with Crippen LogP contribution < -0.4 is 5.32 Å². The highest BCUT2D eigenvalue weighted by molar-refractivity contribution is 5.98. The van der Waals surface area contributed by atoms with Crippen molar-refractivity contribution >= 4 is 17.4 Å². The van der Waals surface area contributed by atoms with E-state index in [0.29, 0.717) is 5.82 Å². The Kier molecular flexibility index (Phi) is 4.94. The van der Waals surface area contributed by atoms with Gasteiger partial charge in [0.05, 0.1) is 5.92 Å². The number of aryl methyl sites for hydroxylation is 1. The van der Waals surface area contributed by atoms with Crippen LogP contribution in [0.1, 0.15) is 30.4 Å². The Morgan fingerprint density at radius 3 is 2.43 bits per heavy atom. The second-order valence-electron chi connectivity index (χ2n) is 6.96. The number of imidazole rings is 1. The van der Waals surface area contributed by atoms with E-state index in [1.807, 2.05) is 78.2 Å². The quantitative estimate of drug-likeness (QED) is 0.509. The summed E-state index contributed by atoms with van der Waals surface area (Å²) in [6.07, 6.45) is 2.66. The number of rotatable bonds is 5. The monoisotopic (exact) mass is 369 g/mol. The number of hydrogen-bond acceptors (Lipinski definition) is 2. The van der Waals surface area contributed by atoms with Gasteiger partial charge in [0, 0.05) is 11.8 Å². The maximum absolute atomic E-state index is 13.2. The highest BCUT2D eigenvalue weighted by Gasteiger charge is 2.22. The van der Waals surface area contributed by atoms with Gasteiger partial charge in [0.25, 0.3) is 0 Å². The van der Waals surface area contributed by atoms with E-state index in [-0.39, 0.29) is 11.8 Å². The molecule has 0 bridgehead atoms. The fourth-order valence-corrected chi connectivity index (χ4v) is 3.49. The van der Waals surface area contributed by atoms with Gasteiger partial charge < -0.3 is 5.32 Å². The molecule has 0 aliphatic rings. The third-order valence-corrected chi connectivity index (χ3v) is 5.02. The number of benzene rings is 2. The molecule has 0 fully saturated rings. The van der Waals surface area contributed by atoms with Crippen molar-refractivity contribution in [2.45, 2.75) is 26.2 Å². The number of carbonyl (C=O) groups is 1. The Bertz CT molecular complexity index is 1100. The molecule has 1 N–H and O–H groups in total. The molecule has 2 heterocycles. The molecule has 2 aromatic carbocycles. The van der Waals surface area contributed by atoms with E-state index in [4.69, 9.17) is 4.98 Å². The van der Waals surface area contributed by atoms with E-state index in [2.05, 4.69) is 24.4 Å². The van der Waals surface area contributed by atoms with E-state index in [1.165, 1.54) is 5.56 Å². The zero-order valence-corrected chi connectivity index (χ0v) is 16.1. The van der Waals surface area contributed by atoms with Crippen molar-refractivity contribution in [3.63, 3.8) is 0 Å². The van der Waals surface area contributed by atoms with Crippen LogP contribution in [0.5, 0.6) is 0 Å². The summed E-state index contributed by atoms with van der Waals surface area (Å²) >= 11 is 0. The summed E-state index contributed by atoms with van der Waals surface area (Å²) in [4.78, 5) is 17.9. The van der Waals surface area contributed by atoms with Crippen molar-refractivity contribution < 1.29 is 4.79 Å². The Morgan fingerprint density at radius 1 is 1.00 bits per heavy atom. The second kappa shape index (κ2) is 7.69. The normalized spacial score (nSPS) is 12.1. The number of fused-ring (bicyclic) bond motifs is 1. The van der Waals surface area contributed by atoms with Gasteiger partial charge in [0.15, 0.2) is 0 Å². The van der Waals surface area contributed by atoms with Gasteiger partial charge in [0.1, 0.15) is 17.2 Å². The zero-order chi connectivity index (χ0) is 19.5. The molecular weight excluding hydrogens is 346 g/mol. The van der Waals surface area contributed by atoms with Crippen LogP contribution in [0.25, 0.3) is 16.9 Å². The second-order valence-corrected chi connectivity index (χ2v) is 6.96. The number of amides is 1. The molecular formula is C24H23N3O. The standard InChI is InChI=1S/C24H23N3O/c1-3-20(18-9-5-4-6-10-18)24(28)26-23-22(19-14-12-17(2)13-15-19)25-21-11-7-8-16-27(21)23/h4-16,20H,3H2,1-2H3,(H,26,28)/t20-/m1/s1. The molecule has 4 rings (SSSR count). The molecule has 0 aliphatic carbocycles. The first-order valence-electron chi connectivity index (χ1n) is 9.57. The minimum Gasteiger partial charge on any atom is -0.309 e. The Balaban J connectivity index is 1.76. The van der Waals surface area contributed by atoms with E-state index < -0.39 is 0 Å². The Morgan fingerprint density at radius 2 is 1.71 bits per heavy atom. The van der Waals surface area contributed by atoms with Gasteiger partial charge in [-0.25, -0.2) is 4.98 Å². The van der Waals surface area contributed by atoms with Crippen molar-refractivity contribution in [1.82, 2.24) is 9.38 Å². The molecule has 0 saturated heterocycles. The minimum absolute atomic E-state index is 0.0206. The molecule has 28 heavy (non-hydrogen) atoms. The maximum atomic E-state index is 13.2. The first-order chi connectivity index (χ1) is 13.7. The number of pyridine rings is 1. The first-order valence-corrected chi connectivity index (χ1v) is 9.57. The van der Waals surface area contributed by atoms with E-state index in [0.717, 1.165) is 28.9 Å². The minimum atomic E-state index is -0.207. The lowest BCUT2D eigenvalue weighted by molar-refractivity contribution is -0.117. The van der Waals surface area contributed by atoms with Gasteiger partial charge in [-0.2, -0.15) is 0 Å². The van der Waals surface area contributed by atoms with Crippen LogP contribution >= 0.6 is 0 Å². The van der Waals surface area contributed by atoms with Crippen LogP contribution in [0.3, 0.4) is 0 Å². The summed E-state index contributed by atoms with van der Waals surface area (Å²) < 4.78 is 1.94. The number of aromatic nitrogens is 2. The molecule has 4 heteroatoms. The molecule has 0 radical (unpaired) electrons. The average molecular weight is 369 g/mol. The third kappa shape index (κ3) is 3.41. The lowest BCUT2D eigenvalue weighted by atomic mass is 9.95. The van der Waals surface area contributed by atoms with Crippen molar-refractivity contribution in [1.29, 1.82) is 0 Å². The lowest BCUT2D eigenvalue weighted by Gasteiger charge is -2.16. The highest BCUT2D eigenvalue weighted by Crippen LogP contribution is 2.30. The van der Waals surface area contributed by atoms with Crippen LogP contribution in [0.15, 0.2) is 79.0 Å². The van der Waals surface area contributed by atoms with E-state index in [1.54, 1.807) is 0 Å². The van der Waals surface area contributed by atoms with Gasteiger partial charge >= 0.3 is 0 Å². The molecule has 0 aliphatic heterocycles. The van der Waals surface area contributed by atoms with Crippen molar-refractivity contribution in [3.05, 3.63) is 90.1 Å². The van der Waals surface area contributed by atoms with E-state index >= 15 is 0 Å². The summed E-state index contributed by atoms with van der Waals surface area (Å²) in [5.74, 6) is 0.480. The number of hydrogen-bond donors (Lipinski definition) is 1. The number of nitrogens with zero attached hydrogens (tertiary/aromatic N) is 2. The Labute approximate surface area is 164 Å². The molecule has 0 saturated carbocycles. The molecule has 140 valence electrons. The van der Waals surface area contributed by atoms with Crippen molar-refractivity contribution in [3.8, 4) is 11.3 Å². The SMILES string of the molecule is CC[C@@H](C(=O)Nc1c(-c2ccc(C)cc2)nc2ccccn12)c1ccccc1. The average Bonchev–Trinajstić information content (AvgIpc) is 3.08. The number of anilines is 1. The van der Waals surface area contributed by atoms with Crippen LogP contribution in [0, 0.1) is 6.92 Å². The zero-order valence-electron chi connectivity index (χ0n) is 16.1. The van der Waals surface area contributed by atoms with Gasteiger partial charge in [-0.15, -0.1) is 0 Å². The smallest absolute Gasteiger partial charge is 0.233 e. The number of nitrogens with one attached hydrogen (secondary N) is 1. The van der Waals surface area contributed by atoms with Crippen LogP contribution in [0.4, 0.5) is 5.82 Å². The van der Waals surface area contributed by atoms with Crippen molar-refractivity contribution in [2.24, 2.45) is 0 Å². The predicted octanol–water partition coefficient (Wildman–Crippen LogP) is 5.44. The van der Waals surface area contributed by atoms with E-state index in [9.17, 15) is 4.79 Å². The van der Waals surface area contributed by atoms with Gasteiger partial charge in [-0.05, 0) is 31.0 Å². The number of carbonyl (C=O) groups excluding carboxylic acids is 1. The molecule has 1 amide bonds. The lowest BCUT2D eigenvalue weighted by Crippen LogP contribution is -2.21. The van der Waals surface area contributed by atoms with Gasteiger partial charge in [-0.1, -0.05) is 73.2 Å². The fraction of sp³-hybridized carbons (Fsp3) is 0.167. The van der Waals surface area contributed by atoms with Gasteiger partial charge in [-0.3, -0.25) is 9.20 Å². The molecule has 0 unspecified atom stereocenters. The molecule has 2 aromatic heterocycles. The molecule has 4 nitrogen and oxygen atoms in total. The fourth-order valence-electron chi connectivity index (χ4n) is 3.49. The summed E-state index contributed by atoms with van der Waals surface area (Å²) in [7, 11) is 0. The third-order valence-electron chi connectivity index (χ3n) is 5.02. The maximum Gasteiger partial charge on any atom is 0.233 e. The molecule has 0 spiro atoms. The largest absolute Gasteiger partial charge is 0.309 e. The van der Waals surface area contributed by atoms with Crippen LogP contribution in [-0.2, 0) is 4.79 Å². The van der Waals surface area contributed by atoms with Crippen LogP contribution in [-0.4, -0.2) is 15.3 Å². The van der Waals surface area contributed by atoms with Gasteiger partial charge in [0.2, 0.25) is 5.91 Å². The highest BCUT2D eigenvalue weighted by atomic mass is 16.2. The molecule has 1 atom stereocenters. The topological polar surface area (TPSA) is 46.4 Å². The molecule has 4 aromatic rings. The summed E-state index contributed by atoms with van der Waals surface area (Å²) in [5.41, 5.74) is 4.78. The Hall–Kier alpha value is -3.40. The van der Waals surface area contributed by atoms with Crippen LogP contribution in [0.2, 0.25) is 0 Å². The summed E-state index contributed by atoms with van der Waals surface area (Å²) in [6.45, 7) is 4.09. The predicted molar refractivity (Wildman–Crippen MR) is 113 cm³/mol. The van der Waals surface area contributed by atoms with Crippen molar-refractivity contribution in [2.75, 3.05) is 5.32 Å².